The molecule has 0 saturated carbocycles. The van der Waals surface area contributed by atoms with Crippen molar-refractivity contribution >= 4 is 0 Å². The first-order valence-electron chi connectivity index (χ1n) is 9.61. The molecule has 0 spiro atoms. The molecule has 2 aliphatic heterocycles. The third-order valence-electron chi connectivity index (χ3n) is 6.02. The van der Waals surface area contributed by atoms with Crippen molar-refractivity contribution in [3.63, 3.8) is 0 Å². The molecule has 138 valence electrons. The monoisotopic (exact) mass is 350 g/mol. The molecule has 2 atom stereocenters. The number of hydrogen-bond donors (Lipinski definition) is 0. The van der Waals surface area contributed by atoms with Crippen molar-refractivity contribution in [2.45, 2.75) is 70.8 Å². The van der Waals surface area contributed by atoms with Crippen LogP contribution in [0.2, 0.25) is 0 Å². The van der Waals surface area contributed by atoms with Crippen LogP contribution in [0.25, 0.3) is 0 Å². The van der Waals surface area contributed by atoms with Crippen LogP contribution in [-0.2, 0) is 16.4 Å². The number of rotatable bonds is 0. The van der Waals surface area contributed by atoms with Crippen LogP contribution in [0.1, 0.15) is 76.6 Å². The van der Waals surface area contributed by atoms with Crippen LogP contribution in [0.3, 0.4) is 0 Å². The van der Waals surface area contributed by atoms with Gasteiger partial charge in [0.15, 0.2) is 0 Å². The van der Waals surface area contributed by atoms with E-state index in [0.717, 1.165) is 11.5 Å². The molecule has 2 unspecified atom stereocenters. The Bertz CT molecular complexity index is 867. The van der Waals surface area contributed by atoms with Gasteiger partial charge in [-0.3, -0.25) is 0 Å². The summed E-state index contributed by atoms with van der Waals surface area (Å²) in [6.45, 7) is 16.4. The van der Waals surface area contributed by atoms with Gasteiger partial charge in [-0.05, 0) is 47.1 Å². The van der Waals surface area contributed by atoms with Crippen LogP contribution in [-0.4, -0.2) is 6.61 Å². The minimum absolute atomic E-state index is 0.100. The number of hydrogen-bond acceptors (Lipinski definition) is 2. The van der Waals surface area contributed by atoms with Crippen molar-refractivity contribution < 1.29 is 9.47 Å². The number of benzene rings is 2. The van der Waals surface area contributed by atoms with Gasteiger partial charge in [0.2, 0.25) is 0 Å². The molecule has 0 aliphatic carbocycles. The van der Waals surface area contributed by atoms with Gasteiger partial charge in [0, 0.05) is 11.1 Å². The van der Waals surface area contributed by atoms with Crippen molar-refractivity contribution in [1.82, 2.24) is 0 Å². The van der Waals surface area contributed by atoms with Gasteiger partial charge in [0.1, 0.15) is 17.1 Å². The van der Waals surface area contributed by atoms with Crippen LogP contribution >= 0.6 is 0 Å². The highest BCUT2D eigenvalue weighted by Crippen LogP contribution is 2.55. The molecule has 2 aromatic carbocycles. The summed E-state index contributed by atoms with van der Waals surface area (Å²) in [6, 6.07) is 13.3. The van der Waals surface area contributed by atoms with Gasteiger partial charge in [-0.2, -0.15) is 0 Å². The van der Waals surface area contributed by atoms with Gasteiger partial charge in [0.25, 0.3) is 0 Å². The molecule has 0 saturated heterocycles. The zero-order valence-electron chi connectivity index (χ0n) is 17.1. The molecular formula is C24H30O2. The molecule has 0 fully saturated rings. The summed E-state index contributed by atoms with van der Waals surface area (Å²) in [7, 11) is 0. The molecule has 2 heteroatoms. The second kappa shape index (κ2) is 5.28. The van der Waals surface area contributed by atoms with E-state index in [0.29, 0.717) is 6.61 Å². The van der Waals surface area contributed by atoms with Gasteiger partial charge >= 0.3 is 0 Å². The zero-order valence-corrected chi connectivity index (χ0v) is 17.1. The first-order chi connectivity index (χ1) is 12.0. The summed E-state index contributed by atoms with van der Waals surface area (Å²) < 4.78 is 12.8. The minimum atomic E-state index is -0.367. The standard InChI is InChI=1S/C24H30O2/c1-22(2,3)15-8-10-20-17(12-15)19-14-25-21-11-9-16(23(4,5)6)13-18(21)24(19,7)26-20/h8-13,19H,14H2,1-7H3. The molecule has 0 radical (unpaired) electrons. The predicted molar refractivity (Wildman–Crippen MR) is 107 cm³/mol. The summed E-state index contributed by atoms with van der Waals surface area (Å²) >= 11 is 0. The lowest BCUT2D eigenvalue weighted by Gasteiger charge is -2.38. The zero-order chi connectivity index (χ0) is 18.9. The molecule has 4 rings (SSSR count). The molecule has 2 heterocycles. The van der Waals surface area contributed by atoms with Crippen molar-refractivity contribution in [3.8, 4) is 11.5 Å². The second-order valence-corrected chi connectivity index (χ2v) is 10.0. The van der Waals surface area contributed by atoms with E-state index in [1.54, 1.807) is 0 Å². The van der Waals surface area contributed by atoms with E-state index < -0.39 is 0 Å². The Hall–Kier alpha value is -1.96. The lowest BCUT2D eigenvalue weighted by molar-refractivity contribution is 0.0433. The van der Waals surface area contributed by atoms with Gasteiger partial charge in [-0.25, -0.2) is 0 Å². The van der Waals surface area contributed by atoms with Gasteiger partial charge in [-0.15, -0.1) is 0 Å². The van der Waals surface area contributed by atoms with Crippen molar-refractivity contribution in [3.05, 3.63) is 58.7 Å². The molecule has 0 amide bonds. The fourth-order valence-corrected chi connectivity index (χ4v) is 4.15. The SMILES string of the molecule is CC(C)(C)c1ccc2c(c1)C1COc3ccc(C(C)(C)C)cc3C1(C)O2. The molecule has 0 N–H and O–H groups in total. The Morgan fingerprint density at radius 3 is 2.04 bits per heavy atom. The lowest BCUT2D eigenvalue weighted by Crippen LogP contribution is -2.39. The fourth-order valence-electron chi connectivity index (χ4n) is 4.15. The summed E-state index contributed by atoms with van der Waals surface area (Å²) in [6.07, 6.45) is 0. The van der Waals surface area contributed by atoms with E-state index in [9.17, 15) is 0 Å². The maximum Gasteiger partial charge on any atom is 0.145 e. The largest absolute Gasteiger partial charge is 0.492 e. The van der Waals surface area contributed by atoms with Gasteiger partial charge < -0.3 is 9.47 Å². The van der Waals surface area contributed by atoms with E-state index in [4.69, 9.17) is 9.47 Å². The van der Waals surface area contributed by atoms with Crippen LogP contribution in [0.4, 0.5) is 0 Å². The first kappa shape index (κ1) is 17.5. The highest BCUT2D eigenvalue weighted by molar-refractivity contribution is 5.54. The van der Waals surface area contributed by atoms with E-state index in [1.165, 1.54) is 22.3 Å². The second-order valence-electron chi connectivity index (χ2n) is 10.0. The predicted octanol–water partition coefficient (Wildman–Crippen LogP) is 6.07. The smallest absolute Gasteiger partial charge is 0.145 e. The molecule has 0 bridgehead atoms. The van der Waals surface area contributed by atoms with Crippen molar-refractivity contribution in [1.29, 1.82) is 0 Å². The van der Waals surface area contributed by atoms with Crippen LogP contribution in [0, 0.1) is 0 Å². The molecular weight excluding hydrogens is 320 g/mol. The Kier molecular flexibility index (Phi) is 3.54. The Labute approximate surface area is 157 Å². The van der Waals surface area contributed by atoms with Crippen molar-refractivity contribution in [2.75, 3.05) is 6.61 Å². The Morgan fingerprint density at radius 1 is 0.846 bits per heavy atom. The first-order valence-corrected chi connectivity index (χ1v) is 9.61. The summed E-state index contributed by atoms with van der Waals surface area (Å²) in [5, 5.41) is 0. The molecule has 2 aliphatic rings. The third kappa shape index (κ3) is 2.53. The lowest BCUT2D eigenvalue weighted by atomic mass is 9.75. The van der Waals surface area contributed by atoms with Gasteiger partial charge in [-0.1, -0.05) is 59.7 Å². The summed E-state index contributed by atoms with van der Waals surface area (Å²) in [5.74, 6) is 2.19. The van der Waals surface area contributed by atoms with Crippen LogP contribution in [0.5, 0.6) is 11.5 Å². The van der Waals surface area contributed by atoms with Crippen LogP contribution < -0.4 is 9.47 Å². The minimum Gasteiger partial charge on any atom is -0.492 e. The average Bonchev–Trinajstić information content (AvgIpc) is 2.84. The van der Waals surface area contributed by atoms with E-state index in [-0.39, 0.29) is 22.3 Å². The van der Waals surface area contributed by atoms with E-state index in [1.807, 2.05) is 0 Å². The number of fused-ring (bicyclic) bond motifs is 5. The van der Waals surface area contributed by atoms with Gasteiger partial charge in [0.05, 0.1) is 12.5 Å². The summed E-state index contributed by atoms with van der Waals surface area (Å²) in [5.41, 5.74) is 4.98. The van der Waals surface area contributed by atoms with Crippen LogP contribution in [0.15, 0.2) is 36.4 Å². The van der Waals surface area contributed by atoms with E-state index >= 15 is 0 Å². The quantitative estimate of drug-likeness (QED) is 0.574. The molecule has 0 aromatic heterocycles. The fraction of sp³-hybridized carbons (Fsp3) is 0.500. The summed E-state index contributed by atoms with van der Waals surface area (Å²) in [4.78, 5) is 0. The topological polar surface area (TPSA) is 18.5 Å². The number of ether oxygens (including phenoxy) is 2. The maximum atomic E-state index is 6.58. The highest BCUT2D eigenvalue weighted by Gasteiger charge is 2.51. The average molecular weight is 351 g/mol. The van der Waals surface area contributed by atoms with E-state index in [2.05, 4.69) is 84.9 Å². The molecule has 2 aromatic rings. The normalized spacial score (nSPS) is 24.2. The van der Waals surface area contributed by atoms with Crippen molar-refractivity contribution in [2.24, 2.45) is 0 Å². The highest BCUT2D eigenvalue weighted by atomic mass is 16.5. The third-order valence-corrected chi connectivity index (χ3v) is 6.02. The Morgan fingerprint density at radius 2 is 1.42 bits per heavy atom. The molecule has 2 nitrogen and oxygen atoms in total. The Balaban J connectivity index is 1.83. The molecule has 26 heavy (non-hydrogen) atoms. The maximum absolute atomic E-state index is 6.58.